The molecule has 2 aliphatic heterocycles. The predicted octanol–water partition coefficient (Wildman–Crippen LogP) is 0.945. The van der Waals surface area contributed by atoms with E-state index >= 15 is 4.39 Å². The molecule has 2 heterocycles. The average molecular weight is 548 g/mol. The van der Waals surface area contributed by atoms with E-state index in [0.29, 0.717) is 4.90 Å². The van der Waals surface area contributed by atoms with Crippen LogP contribution >= 0.6 is 7.75 Å². The van der Waals surface area contributed by atoms with Crippen molar-refractivity contribution < 1.29 is 52.1 Å². The molecule has 5 N–H and O–H groups in total. The fraction of sp³-hybridized carbons (Fsp3) is 0.571. The second-order valence-corrected chi connectivity index (χ2v) is 10.5. The van der Waals surface area contributed by atoms with Crippen LogP contribution in [0.5, 0.6) is 5.75 Å². The number of ether oxygens (including phenoxy) is 2. The third kappa shape index (κ3) is 6.74. The normalized spacial score (nSPS) is 30.3. The number of amides is 4. The highest BCUT2D eigenvalue weighted by atomic mass is 31.2. The molecule has 2 saturated heterocycles. The molecular formula is C21H30FN4O10P. The van der Waals surface area contributed by atoms with Crippen molar-refractivity contribution in [1.82, 2.24) is 20.6 Å². The molecule has 2 aliphatic rings. The number of aliphatic hydroxyl groups excluding tert-OH is 2. The summed E-state index contributed by atoms with van der Waals surface area (Å²) >= 11 is 0. The number of aliphatic hydroxyl groups is 2. The molecule has 206 valence electrons. The number of esters is 1. The van der Waals surface area contributed by atoms with Gasteiger partial charge in [-0.25, -0.2) is 18.5 Å². The minimum absolute atomic E-state index is 0.118. The molecule has 7 atom stereocenters. The second kappa shape index (κ2) is 11.3. The molecule has 1 aromatic carbocycles. The highest BCUT2D eigenvalue weighted by molar-refractivity contribution is 7.52. The van der Waals surface area contributed by atoms with E-state index in [1.807, 2.05) is 10.6 Å². The number of nitrogens with one attached hydrogen (secondary N) is 3. The van der Waals surface area contributed by atoms with Crippen LogP contribution in [-0.4, -0.2) is 82.4 Å². The summed E-state index contributed by atoms with van der Waals surface area (Å²) < 4.78 is 50.5. The lowest BCUT2D eigenvalue weighted by atomic mass is 9.98. The van der Waals surface area contributed by atoms with E-state index in [1.54, 1.807) is 32.0 Å². The van der Waals surface area contributed by atoms with Crippen LogP contribution in [0.25, 0.3) is 0 Å². The number of hydrogen-bond acceptors (Lipinski definition) is 10. The van der Waals surface area contributed by atoms with E-state index in [4.69, 9.17) is 18.5 Å². The molecule has 7 unspecified atom stereocenters. The van der Waals surface area contributed by atoms with Gasteiger partial charge in [-0.1, -0.05) is 18.2 Å². The number of imide groups is 1. The number of para-hydroxylation sites is 1. The Labute approximate surface area is 212 Å². The Hall–Kier alpha value is -2.81. The fourth-order valence-electron chi connectivity index (χ4n) is 3.59. The van der Waals surface area contributed by atoms with Gasteiger partial charge in [0.25, 0.3) is 0 Å². The number of alkyl halides is 1. The number of benzene rings is 1. The van der Waals surface area contributed by atoms with Crippen molar-refractivity contribution in [3.05, 3.63) is 30.3 Å². The molecule has 4 amide bonds. The smallest absolute Gasteiger partial charge is 0.459 e. The Balaban J connectivity index is 1.77. The maximum atomic E-state index is 15.5. The molecule has 16 heteroatoms. The lowest BCUT2D eigenvalue weighted by Crippen LogP contribution is -2.68. The van der Waals surface area contributed by atoms with Crippen LogP contribution in [0.2, 0.25) is 0 Å². The van der Waals surface area contributed by atoms with E-state index in [9.17, 15) is 29.2 Å². The van der Waals surface area contributed by atoms with Gasteiger partial charge in [-0.3, -0.25) is 24.9 Å². The molecule has 0 bridgehead atoms. The number of urea groups is 2. The maximum absolute atomic E-state index is 15.5. The molecule has 0 saturated carbocycles. The second-order valence-electron chi connectivity index (χ2n) is 8.84. The van der Waals surface area contributed by atoms with E-state index in [0.717, 1.165) is 6.92 Å². The number of hydrogen-bond donors (Lipinski definition) is 5. The van der Waals surface area contributed by atoms with Crippen LogP contribution < -0.4 is 20.2 Å². The van der Waals surface area contributed by atoms with E-state index in [1.165, 1.54) is 19.1 Å². The Bertz CT molecular complexity index is 1050. The summed E-state index contributed by atoms with van der Waals surface area (Å²) in [6, 6.07) is 4.53. The third-order valence-corrected chi connectivity index (χ3v) is 7.03. The third-order valence-electron chi connectivity index (χ3n) is 5.38. The van der Waals surface area contributed by atoms with Gasteiger partial charge in [0.15, 0.2) is 11.9 Å². The molecule has 0 aliphatic carbocycles. The topological polar surface area (TPSA) is 185 Å². The van der Waals surface area contributed by atoms with Gasteiger partial charge in [-0.15, -0.1) is 0 Å². The van der Waals surface area contributed by atoms with Gasteiger partial charge < -0.3 is 24.2 Å². The first-order valence-corrected chi connectivity index (χ1v) is 12.9. The molecule has 2 fully saturated rings. The maximum Gasteiger partial charge on any atom is 0.459 e. The highest BCUT2D eigenvalue weighted by Gasteiger charge is 2.59. The molecule has 3 rings (SSSR count). The first-order valence-electron chi connectivity index (χ1n) is 11.3. The molecular weight excluding hydrogens is 518 g/mol. The first-order chi connectivity index (χ1) is 17.2. The molecule has 37 heavy (non-hydrogen) atoms. The van der Waals surface area contributed by atoms with Crippen molar-refractivity contribution >= 4 is 25.8 Å². The number of rotatable bonds is 10. The number of nitrogens with zero attached hydrogens (tertiary/aromatic N) is 1. The van der Waals surface area contributed by atoms with Gasteiger partial charge in [-0.05, 0) is 39.8 Å². The minimum Gasteiger partial charge on any atom is -0.462 e. The minimum atomic E-state index is -4.36. The Morgan fingerprint density at radius 2 is 1.92 bits per heavy atom. The Kier molecular flexibility index (Phi) is 8.78. The van der Waals surface area contributed by atoms with Gasteiger partial charge in [0.2, 0.25) is 6.35 Å². The quantitative estimate of drug-likeness (QED) is 0.207. The zero-order valence-corrected chi connectivity index (χ0v) is 21.4. The zero-order valence-electron chi connectivity index (χ0n) is 20.5. The van der Waals surface area contributed by atoms with Gasteiger partial charge in [0.1, 0.15) is 24.0 Å². The zero-order chi connectivity index (χ0) is 27.5. The molecule has 1 aromatic rings. The Morgan fingerprint density at radius 3 is 2.51 bits per heavy atom. The predicted molar refractivity (Wildman–Crippen MR) is 124 cm³/mol. The van der Waals surface area contributed by atoms with Crippen LogP contribution in [-0.2, 0) is 23.4 Å². The Morgan fingerprint density at radius 1 is 1.27 bits per heavy atom. The van der Waals surface area contributed by atoms with Gasteiger partial charge >= 0.3 is 25.8 Å². The summed E-state index contributed by atoms with van der Waals surface area (Å²) in [6.45, 7) is 4.83. The fourth-order valence-corrected chi connectivity index (χ4v) is 5.09. The van der Waals surface area contributed by atoms with Crippen molar-refractivity contribution in [2.45, 2.75) is 70.3 Å². The van der Waals surface area contributed by atoms with Crippen molar-refractivity contribution in [2.24, 2.45) is 0 Å². The summed E-state index contributed by atoms with van der Waals surface area (Å²) in [4.78, 5) is 36.3. The van der Waals surface area contributed by atoms with Gasteiger partial charge in [0.05, 0.1) is 12.7 Å². The first kappa shape index (κ1) is 28.8. The van der Waals surface area contributed by atoms with Crippen molar-refractivity contribution in [2.75, 3.05) is 6.61 Å². The van der Waals surface area contributed by atoms with Crippen molar-refractivity contribution in [3.63, 3.8) is 0 Å². The standard InChI is InChI=1S/C21H30FN4O10P/c1-11(2)34-16(28)12(3)25-37(32,36-13-8-6-5-7-9-13)33-10-14-15(27)21(4,22)17(35-14)26-19(30)23-18(29)24-20(26)31/h5-9,11-12,14-15,17,19,27,30H,10H2,1-4H3,(H,25,32)(H2,23,24,29,31). The summed E-state index contributed by atoms with van der Waals surface area (Å²) in [5.74, 6) is -0.621. The van der Waals surface area contributed by atoms with Crippen LogP contribution in [0.3, 0.4) is 0 Å². The molecule has 14 nitrogen and oxygen atoms in total. The molecule has 0 aromatic heterocycles. The molecule has 0 spiro atoms. The van der Waals surface area contributed by atoms with Crippen LogP contribution in [0.1, 0.15) is 27.7 Å². The van der Waals surface area contributed by atoms with Crippen molar-refractivity contribution in [3.8, 4) is 5.75 Å². The average Bonchev–Trinajstić information content (AvgIpc) is 3.01. The van der Waals surface area contributed by atoms with Crippen LogP contribution in [0, 0.1) is 0 Å². The number of carbonyl (C=O) groups is 3. The van der Waals surface area contributed by atoms with Gasteiger partial charge in [0, 0.05) is 0 Å². The monoisotopic (exact) mass is 548 g/mol. The van der Waals surface area contributed by atoms with E-state index in [-0.39, 0.29) is 5.75 Å². The lowest BCUT2D eigenvalue weighted by Gasteiger charge is -2.39. The summed E-state index contributed by atoms with van der Waals surface area (Å²) in [7, 11) is -4.36. The van der Waals surface area contributed by atoms with E-state index < -0.39 is 75.0 Å². The highest BCUT2D eigenvalue weighted by Crippen LogP contribution is 2.46. The lowest BCUT2D eigenvalue weighted by molar-refractivity contribution is -0.149. The summed E-state index contributed by atoms with van der Waals surface area (Å²) in [6.07, 6.45) is -7.70. The summed E-state index contributed by atoms with van der Waals surface area (Å²) in [5.41, 5.74) is -2.65. The van der Waals surface area contributed by atoms with E-state index in [2.05, 4.69) is 5.09 Å². The van der Waals surface area contributed by atoms with Crippen molar-refractivity contribution in [1.29, 1.82) is 0 Å². The molecule has 0 radical (unpaired) electrons. The van der Waals surface area contributed by atoms with Gasteiger partial charge in [-0.2, -0.15) is 5.09 Å². The van der Waals surface area contributed by atoms with Crippen LogP contribution in [0.4, 0.5) is 14.0 Å². The SMILES string of the molecule is CC(C)OC(=O)C(C)NP(=O)(OCC1OC(N2C(=O)NC(=O)NC2O)C(C)(F)C1O)Oc1ccccc1. The number of halogens is 1. The van der Waals surface area contributed by atoms with Crippen LogP contribution in [0.15, 0.2) is 30.3 Å². The summed E-state index contributed by atoms with van der Waals surface area (Å²) in [5, 5.41) is 26.9. The number of carbonyl (C=O) groups excluding carboxylic acids is 3. The largest absolute Gasteiger partial charge is 0.462 e.